The topological polar surface area (TPSA) is 147 Å². The van der Waals surface area contributed by atoms with Gasteiger partial charge in [0.25, 0.3) is 0 Å². The van der Waals surface area contributed by atoms with E-state index in [9.17, 15) is 24.0 Å². The number of benzene rings is 1. The van der Waals surface area contributed by atoms with Gasteiger partial charge in [0.2, 0.25) is 23.6 Å². The maximum Gasteiger partial charge on any atom is 0.243 e. The first-order chi connectivity index (χ1) is 13.3. The molecular formula is C19H24N4O5. The Morgan fingerprint density at radius 3 is 2.29 bits per heavy atom. The summed E-state index contributed by atoms with van der Waals surface area (Å²) in [5.41, 5.74) is 6.13. The summed E-state index contributed by atoms with van der Waals surface area (Å²) in [5, 5.41) is 7.57. The molecule has 1 aliphatic heterocycles. The van der Waals surface area contributed by atoms with Gasteiger partial charge in [-0.2, -0.15) is 0 Å². The Morgan fingerprint density at radius 2 is 1.68 bits per heavy atom. The molecule has 9 nitrogen and oxygen atoms in total. The van der Waals surface area contributed by atoms with Crippen LogP contribution in [0.3, 0.4) is 0 Å². The molecule has 1 saturated heterocycles. The quantitative estimate of drug-likeness (QED) is 0.426. The molecule has 1 aliphatic rings. The number of amides is 4. The van der Waals surface area contributed by atoms with Crippen molar-refractivity contribution in [1.82, 2.24) is 16.0 Å². The minimum atomic E-state index is -1.04. The van der Waals surface area contributed by atoms with Gasteiger partial charge in [-0.25, -0.2) is 0 Å². The van der Waals surface area contributed by atoms with Gasteiger partial charge in [0.1, 0.15) is 23.9 Å². The minimum Gasteiger partial charge on any atom is -0.368 e. The number of nitrogens with one attached hydrogen (secondary N) is 3. The molecular weight excluding hydrogens is 364 g/mol. The third kappa shape index (κ3) is 6.19. The Labute approximate surface area is 162 Å². The van der Waals surface area contributed by atoms with Crippen LogP contribution >= 0.6 is 0 Å². The molecule has 3 atom stereocenters. The highest BCUT2D eigenvalue weighted by atomic mass is 16.2. The Balaban J connectivity index is 1.89. The van der Waals surface area contributed by atoms with Crippen LogP contribution in [0.25, 0.3) is 0 Å². The first kappa shape index (κ1) is 21.1. The molecule has 0 spiro atoms. The summed E-state index contributed by atoms with van der Waals surface area (Å²) in [4.78, 5) is 59.2. The predicted molar refractivity (Wildman–Crippen MR) is 99.7 cm³/mol. The monoisotopic (exact) mass is 388 g/mol. The first-order valence-corrected chi connectivity index (χ1v) is 8.99. The van der Waals surface area contributed by atoms with Crippen molar-refractivity contribution in [3.05, 3.63) is 35.9 Å². The fourth-order valence-electron chi connectivity index (χ4n) is 2.88. The molecule has 2 rings (SSSR count). The van der Waals surface area contributed by atoms with E-state index in [1.165, 1.54) is 6.92 Å². The number of hydrogen-bond acceptors (Lipinski definition) is 5. The largest absolute Gasteiger partial charge is 0.368 e. The summed E-state index contributed by atoms with van der Waals surface area (Å²) >= 11 is 0. The Bertz CT molecular complexity index is 765. The average molecular weight is 388 g/mol. The highest BCUT2D eigenvalue weighted by Gasteiger charge is 2.35. The SMILES string of the molecule is CC(=O)CC[C@@H](NC(=O)C[C@@H]1NC(=O)[C@H](Cc2ccccc2)NC1=O)C(N)=O. The zero-order valence-corrected chi connectivity index (χ0v) is 15.6. The number of carbonyl (C=O) groups excluding carboxylic acids is 5. The number of carbonyl (C=O) groups is 5. The number of primary amides is 1. The van der Waals surface area contributed by atoms with Gasteiger partial charge >= 0.3 is 0 Å². The van der Waals surface area contributed by atoms with Gasteiger partial charge in [-0.05, 0) is 18.9 Å². The van der Waals surface area contributed by atoms with E-state index in [0.717, 1.165) is 5.56 Å². The van der Waals surface area contributed by atoms with E-state index in [4.69, 9.17) is 5.73 Å². The van der Waals surface area contributed by atoms with E-state index in [0.29, 0.717) is 6.42 Å². The van der Waals surface area contributed by atoms with Crippen molar-refractivity contribution in [2.24, 2.45) is 5.73 Å². The van der Waals surface area contributed by atoms with Gasteiger partial charge < -0.3 is 26.5 Å². The number of rotatable bonds is 9. The van der Waals surface area contributed by atoms with Gasteiger partial charge in [-0.3, -0.25) is 19.2 Å². The van der Waals surface area contributed by atoms with Crippen LogP contribution in [0.5, 0.6) is 0 Å². The molecule has 1 fully saturated rings. The Kier molecular flexibility index (Phi) is 7.25. The van der Waals surface area contributed by atoms with Crippen LogP contribution in [0.1, 0.15) is 31.7 Å². The van der Waals surface area contributed by atoms with Crippen molar-refractivity contribution in [1.29, 1.82) is 0 Å². The van der Waals surface area contributed by atoms with Crippen molar-refractivity contribution in [2.45, 2.75) is 50.7 Å². The predicted octanol–water partition coefficient (Wildman–Crippen LogP) is -1.06. The van der Waals surface area contributed by atoms with E-state index in [-0.39, 0.29) is 31.0 Å². The maximum absolute atomic E-state index is 12.3. The second kappa shape index (κ2) is 9.63. The number of ketones is 1. The van der Waals surface area contributed by atoms with Crippen LogP contribution in [0.2, 0.25) is 0 Å². The van der Waals surface area contributed by atoms with E-state index in [1.807, 2.05) is 30.3 Å². The van der Waals surface area contributed by atoms with Crippen LogP contribution in [0.15, 0.2) is 30.3 Å². The fraction of sp³-hybridized carbons (Fsp3) is 0.421. The lowest BCUT2D eigenvalue weighted by Gasteiger charge is -2.29. The molecule has 28 heavy (non-hydrogen) atoms. The Hall–Kier alpha value is -3.23. The molecule has 1 aromatic carbocycles. The summed E-state index contributed by atoms with van der Waals surface area (Å²) in [6.45, 7) is 1.37. The zero-order valence-electron chi connectivity index (χ0n) is 15.6. The van der Waals surface area contributed by atoms with Crippen LogP contribution in [-0.4, -0.2) is 47.5 Å². The smallest absolute Gasteiger partial charge is 0.243 e. The zero-order chi connectivity index (χ0) is 20.7. The van der Waals surface area contributed by atoms with Crippen molar-refractivity contribution in [2.75, 3.05) is 0 Å². The molecule has 0 bridgehead atoms. The fourth-order valence-corrected chi connectivity index (χ4v) is 2.88. The normalized spacial score (nSPS) is 19.9. The molecule has 1 aromatic rings. The lowest BCUT2D eigenvalue weighted by atomic mass is 10.0. The van der Waals surface area contributed by atoms with Gasteiger partial charge in [-0.15, -0.1) is 0 Å². The van der Waals surface area contributed by atoms with Crippen molar-refractivity contribution in [3.8, 4) is 0 Å². The summed E-state index contributed by atoms with van der Waals surface area (Å²) in [5.74, 6) is -2.38. The second-order valence-corrected chi connectivity index (χ2v) is 6.78. The average Bonchev–Trinajstić information content (AvgIpc) is 2.63. The number of hydrogen-bond donors (Lipinski definition) is 4. The summed E-state index contributed by atoms with van der Waals surface area (Å²) in [6, 6.07) is 6.47. The third-order valence-electron chi connectivity index (χ3n) is 4.40. The highest BCUT2D eigenvalue weighted by Crippen LogP contribution is 2.09. The van der Waals surface area contributed by atoms with Crippen LogP contribution in [0, 0.1) is 0 Å². The molecule has 1 heterocycles. The number of piperazine rings is 1. The van der Waals surface area contributed by atoms with E-state index in [2.05, 4.69) is 16.0 Å². The van der Waals surface area contributed by atoms with Gasteiger partial charge in [0.15, 0.2) is 0 Å². The maximum atomic E-state index is 12.3. The molecule has 4 amide bonds. The van der Waals surface area contributed by atoms with Crippen molar-refractivity contribution >= 4 is 29.4 Å². The van der Waals surface area contributed by atoms with Crippen LogP contribution in [0.4, 0.5) is 0 Å². The molecule has 5 N–H and O–H groups in total. The van der Waals surface area contributed by atoms with E-state index >= 15 is 0 Å². The molecule has 0 saturated carbocycles. The summed E-state index contributed by atoms with van der Waals surface area (Å²) in [7, 11) is 0. The van der Waals surface area contributed by atoms with Crippen molar-refractivity contribution in [3.63, 3.8) is 0 Å². The first-order valence-electron chi connectivity index (χ1n) is 8.99. The van der Waals surface area contributed by atoms with E-state index in [1.54, 1.807) is 0 Å². The van der Waals surface area contributed by atoms with Crippen LogP contribution < -0.4 is 21.7 Å². The molecule has 0 aliphatic carbocycles. The van der Waals surface area contributed by atoms with E-state index < -0.39 is 35.8 Å². The summed E-state index contributed by atoms with van der Waals surface area (Å²) in [6.07, 6.45) is 0.181. The van der Waals surface area contributed by atoms with Gasteiger partial charge in [-0.1, -0.05) is 30.3 Å². The van der Waals surface area contributed by atoms with Gasteiger partial charge in [0, 0.05) is 12.8 Å². The molecule has 0 radical (unpaired) electrons. The number of Topliss-reactive ketones (excluding diaryl/α,β-unsaturated/α-hetero) is 1. The summed E-state index contributed by atoms with van der Waals surface area (Å²) < 4.78 is 0. The standard InChI is InChI=1S/C19H24N4O5/c1-11(24)7-8-13(17(20)26)21-16(25)10-15-19(28)22-14(18(27)23-15)9-12-5-3-2-4-6-12/h2-6,13-15H,7-10H2,1H3,(H2,20,26)(H,21,25)(H,22,28)(H,23,27)/t13-,14+,15+/m1/s1. The van der Waals surface area contributed by atoms with Crippen molar-refractivity contribution < 1.29 is 24.0 Å². The molecule has 150 valence electrons. The lowest BCUT2D eigenvalue weighted by Crippen LogP contribution is -2.63. The second-order valence-electron chi connectivity index (χ2n) is 6.78. The van der Waals surface area contributed by atoms with Crippen LogP contribution in [-0.2, 0) is 30.4 Å². The lowest BCUT2D eigenvalue weighted by molar-refractivity contribution is -0.138. The molecule has 0 unspecified atom stereocenters. The minimum absolute atomic E-state index is 0.0821. The molecule has 0 aromatic heterocycles. The Morgan fingerprint density at radius 1 is 1.07 bits per heavy atom. The third-order valence-corrected chi connectivity index (χ3v) is 4.40. The highest BCUT2D eigenvalue weighted by molar-refractivity contribution is 5.99. The molecule has 9 heteroatoms. The number of nitrogens with two attached hydrogens (primary N) is 1. The van der Waals surface area contributed by atoms with Gasteiger partial charge in [0.05, 0.1) is 6.42 Å².